The Bertz CT molecular complexity index is 168. The Balaban J connectivity index is 2.21. The van der Waals surface area contributed by atoms with E-state index in [1.807, 2.05) is 0 Å². The molecule has 1 aliphatic rings. The molecule has 1 nitrogen and oxygen atoms in total. The first-order valence-corrected chi connectivity index (χ1v) is 4.48. The highest BCUT2D eigenvalue weighted by Crippen LogP contribution is 2.21. The second-order valence-electron chi connectivity index (χ2n) is 3.24. The second kappa shape index (κ2) is 4.53. The summed E-state index contributed by atoms with van der Waals surface area (Å²) in [6, 6.07) is 0. The average Bonchev–Trinajstić information content (AvgIpc) is 2.04. The van der Waals surface area contributed by atoms with Gasteiger partial charge in [0.1, 0.15) is 0 Å². The van der Waals surface area contributed by atoms with Crippen LogP contribution in [0.15, 0.2) is 12.3 Å². The van der Waals surface area contributed by atoms with Crippen LogP contribution in [0.1, 0.15) is 32.1 Å². The van der Waals surface area contributed by atoms with Crippen LogP contribution in [0.2, 0.25) is 0 Å². The van der Waals surface area contributed by atoms with E-state index in [2.05, 4.69) is 0 Å². The highest BCUT2D eigenvalue weighted by Gasteiger charge is 2.22. The van der Waals surface area contributed by atoms with Gasteiger partial charge in [-0.3, -0.25) is 0 Å². The number of alkyl halides is 3. The first-order chi connectivity index (χ1) is 6.08. The van der Waals surface area contributed by atoms with Gasteiger partial charge < -0.3 is 4.74 Å². The maximum absolute atomic E-state index is 11.6. The minimum Gasteiger partial charge on any atom is -0.498 e. The molecule has 4 heteroatoms. The Hall–Kier alpha value is -0.670. The minimum absolute atomic E-state index is 0.00708. The molecule has 0 radical (unpaired) electrons. The maximum Gasteiger partial charge on any atom is 0.412 e. The Morgan fingerprint density at radius 2 is 1.69 bits per heavy atom. The molecule has 0 aromatic heterocycles. The summed E-state index contributed by atoms with van der Waals surface area (Å²) in [6.45, 7) is 0. The van der Waals surface area contributed by atoms with Crippen LogP contribution in [0.3, 0.4) is 0 Å². The molecule has 0 aromatic rings. The fourth-order valence-electron chi connectivity index (χ4n) is 1.43. The number of hydrogen-bond acceptors (Lipinski definition) is 1. The predicted octanol–water partition coefficient (Wildman–Crippen LogP) is 3.41. The zero-order chi connectivity index (χ0) is 9.73. The van der Waals surface area contributed by atoms with E-state index in [1.165, 1.54) is 6.42 Å². The molecule has 1 aliphatic carbocycles. The molecule has 1 fully saturated rings. The summed E-state index contributed by atoms with van der Waals surface area (Å²) in [5.41, 5.74) is 0. The van der Waals surface area contributed by atoms with Crippen LogP contribution in [0.25, 0.3) is 0 Å². The first-order valence-electron chi connectivity index (χ1n) is 4.48. The van der Waals surface area contributed by atoms with Crippen LogP contribution in [0.4, 0.5) is 13.2 Å². The molecule has 0 saturated heterocycles. The highest BCUT2D eigenvalue weighted by molar-refractivity contribution is 4.83. The molecule has 0 bridgehead atoms. The number of halogens is 3. The summed E-state index contributed by atoms with van der Waals surface area (Å²) < 4.78 is 39.9. The lowest BCUT2D eigenvalue weighted by Crippen LogP contribution is -2.14. The molecular formula is C9H13F3O. The van der Waals surface area contributed by atoms with E-state index in [-0.39, 0.29) is 12.2 Å². The van der Waals surface area contributed by atoms with Crippen molar-refractivity contribution in [1.29, 1.82) is 0 Å². The van der Waals surface area contributed by atoms with Crippen molar-refractivity contribution >= 4 is 0 Å². The lowest BCUT2D eigenvalue weighted by molar-refractivity contribution is -0.0824. The standard InChI is InChI=1S/C9H13F3O/c10-9(11,12)6-7-13-8-4-2-1-3-5-8/h6-8H,1-5H2/b7-6+. The van der Waals surface area contributed by atoms with Crippen molar-refractivity contribution in [3.63, 3.8) is 0 Å². The predicted molar refractivity (Wildman–Crippen MR) is 43.2 cm³/mol. The molecule has 0 atom stereocenters. The zero-order valence-corrected chi connectivity index (χ0v) is 7.31. The van der Waals surface area contributed by atoms with Gasteiger partial charge in [0.2, 0.25) is 0 Å². The fraction of sp³-hybridized carbons (Fsp3) is 0.778. The smallest absolute Gasteiger partial charge is 0.412 e. The molecule has 0 amide bonds. The third kappa shape index (κ3) is 4.80. The van der Waals surface area contributed by atoms with Crippen molar-refractivity contribution in [2.24, 2.45) is 0 Å². The molecule has 13 heavy (non-hydrogen) atoms. The van der Waals surface area contributed by atoms with E-state index >= 15 is 0 Å². The van der Waals surface area contributed by atoms with E-state index < -0.39 is 6.18 Å². The third-order valence-electron chi connectivity index (χ3n) is 2.08. The summed E-state index contributed by atoms with van der Waals surface area (Å²) in [5, 5.41) is 0. The van der Waals surface area contributed by atoms with Gasteiger partial charge in [0.05, 0.1) is 18.4 Å². The van der Waals surface area contributed by atoms with Gasteiger partial charge in [-0.1, -0.05) is 6.42 Å². The molecular weight excluding hydrogens is 181 g/mol. The van der Waals surface area contributed by atoms with Gasteiger partial charge in [0, 0.05) is 0 Å². The van der Waals surface area contributed by atoms with E-state index in [0.29, 0.717) is 0 Å². The van der Waals surface area contributed by atoms with Crippen molar-refractivity contribution in [3.8, 4) is 0 Å². The fourth-order valence-corrected chi connectivity index (χ4v) is 1.43. The zero-order valence-electron chi connectivity index (χ0n) is 7.31. The molecule has 0 aliphatic heterocycles. The van der Waals surface area contributed by atoms with Gasteiger partial charge >= 0.3 is 6.18 Å². The quantitative estimate of drug-likeness (QED) is 0.612. The van der Waals surface area contributed by atoms with Crippen molar-refractivity contribution in [2.75, 3.05) is 0 Å². The second-order valence-corrected chi connectivity index (χ2v) is 3.24. The van der Waals surface area contributed by atoms with Crippen LogP contribution in [-0.4, -0.2) is 12.3 Å². The van der Waals surface area contributed by atoms with E-state index in [1.54, 1.807) is 0 Å². The van der Waals surface area contributed by atoms with E-state index in [0.717, 1.165) is 31.9 Å². The van der Waals surface area contributed by atoms with Crippen molar-refractivity contribution in [2.45, 2.75) is 44.4 Å². The van der Waals surface area contributed by atoms with Gasteiger partial charge in [-0.2, -0.15) is 13.2 Å². The van der Waals surface area contributed by atoms with Crippen molar-refractivity contribution < 1.29 is 17.9 Å². The monoisotopic (exact) mass is 194 g/mol. The molecule has 0 unspecified atom stereocenters. The summed E-state index contributed by atoms with van der Waals surface area (Å²) >= 11 is 0. The summed E-state index contributed by atoms with van der Waals surface area (Å²) in [6.07, 6.45) is 1.70. The minimum atomic E-state index is -4.26. The Morgan fingerprint density at radius 1 is 1.08 bits per heavy atom. The molecule has 1 saturated carbocycles. The van der Waals surface area contributed by atoms with Crippen LogP contribution < -0.4 is 0 Å². The number of ether oxygens (including phenoxy) is 1. The highest BCUT2D eigenvalue weighted by atomic mass is 19.4. The summed E-state index contributed by atoms with van der Waals surface area (Å²) in [5.74, 6) is 0. The van der Waals surface area contributed by atoms with Gasteiger partial charge in [0.25, 0.3) is 0 Å². The first kappa shape index (κ1) is 10.4. The molecule has 0 N–H and O–H groups in total. The Kier molecular flexibility index (Phi) is 3.63. The van der Waals surface area contributed by atoms with Gasteiger partial charge in [-0.05, 0) is 25.7 Å². The largest absolute Gasteiger partial charge is 0.498 e. The Morgan fingerprint density at radius 3 is 2.23 bits per heavy atom. The lowest BCUT2D eigenvalue weighted by atomic mass is 9.98. The molecule has 0 heterocycles. The normalized spacial score (nSPS) is 20.8. The van der Waals surface area contributed by atoms with Gasteiger partial charge in [-0.25, -0.2) is 0 Å². The number of allylic oxidation sites excluding steroid dienone is 1. The van der Waals surface area contributed by atoms with Gasteiger partial charge in [-0.15, -0.1) is 0 Å². The van der Waals surface area contributed by atoms with Crippen LogP contribution >= 0.6 is 0 Å². The van der Waals surface area contributed by atoms with Crippen LogP contribution in [0.5, 0.6) is 0 Å². The lowest BCUT2D eigenvalue weighted by Gasteiger charge is -2.20. The molecule has 1 rings (SSSR count). The molecule has 76 valence electrons. The van der Waals surface area contributed by atoms with Crippen molar-refractivity contribution in [1.82, 2.24) is 0 Å². The summed E-state index contributed by atoms with van der Waals surface area (Å²) in [4.78, 5) is 0. The topological polar surface area (TPSA) is 9.23 Å². The third-order valence-corrected chi connectivity index (χ3v) is 2.08. The summed E-state index contributed by atoms with van der Waals surface area (Å²) in [7, 11) is 0. The maximum atomic E-state index is 11.6. The van der Waals surface area contributed by atoms with Crippen LogP contribution in [0, 0.1) is 0 Å². The number of hydrogen-bond donors (Lipinski definition) is 0. The SMILES string of the molecule is FC(F)(F)/C=C/OC1CCCCC1. The Labute approximate surface area is 75.6 Å². The van der Waals surface area contributed by atoms with Crippen LogP contribution in [-0.2, 0) is 4.74 Å². The van der Waals surface area contributed by atoms with Gasteiger partial charge in [0.15, 0.2) is 0 Å². The van der Waals surface area contributed by atoms with E-state index in [4.69, 9.17) is 4.74 Å². The number of rotatable bonds is 2. The molecule has 0 aromatic carbocycles. The average molecular weight is 194 g/mol. The van der Waals surface area contributed by atoms with E-state index in [9.17, 15) is 13.2 Å². The van der Waals surface area contributed by atoms with Crippen molar-refractivity contribution in [3.05, 3.63) is 12.3 Å². The molecule has 0 spiro atoms.